The van der Waals surface area contributed by atoms with Gasteiger partial charge in [0.15, 0.2) is 5.65 Å². The molecule has 2 aromatic carbocycles. The molecular weight excluding hydrogens is 474 g/mol. The maximum absolute atomic E-state index is 12.3. The van der Waals surface area contributed by atoms with E-state index in [4.69, 9.17) is 4.74 Å². The van der Waals surface area contributed by atoms with Gasteiger partial charge < -0.3 is 10.1 Å². The van der Waals surface area contributed by atoms with Gasteiger partial charge >= 0.3 is 0 Å². The number of aryl methyl sites for hydroxylation is 2. The summed E-state index contributed by atoms with van der Waals surface area (Å²) in [4.78, 5) is 19.7. The molecule has 2 aliphatic heterocycles. The summed E-state index contributed by atoms with van der Waals surface area (Å²) in [6, 6.07) is 16.2. The molecule has 38 heavy (non-hydrogen) atoms. The van der Waals surface area contributed by atoms with Crippen LogP contribution in [0.1, 0.15) is 54.1 Å². The Labute approximate surface area is 222 Å². The number of rotatable bonds is 3. The van der Waals surface area contributed by atoms with Crippen molar-refractivity contribution in [2.75, 3.05) is 19.7 Å². The number of hydrogen-bond acceptors (Lipinski definition) is 5. The number of H-pyrrole nitrogens is 1. The Kier molecular flexibility index (Phi) is 5.88. The minimum atomic E-state index is -0.105. The first kappa shape index (κ1) is 23.4. The molecule has 1 saturated heterocycles. The lowest BCUT2D eigenvalue weighted by molar-refractivity contribution is 0.0957. The van der Waals surface area contributed by atoms with Crippen LogP contribution in [0.4, 0.5) is 0 Å². The number of nitrogens with zero attached hydrogens (tertiary/aromatic N) is 3. The highest BCUT2D eigenvalue weighted by atomic mass is 16.5. The van der Waals surface area contributed by atoms with Gasteiger partial charge in [0.25, 0.3) is 5.91 Å². The quantitative estimate of drug-likeness (QED) is 0.375. The number of pyridine rings is 1. The third kappa shape index (κ3) is 4.15. The average molecular weight is 508 g/mol. The lowest BCUT2D eigenvalue weighted by Crippen LogP contribution is -2.37. The lowest BCUT2D eigenvalue weighted by atomic mass is 9.96. The molecule has 0 saturated carbocycles. The Morgan fingerprint density at radius 1 is 0.974 bits per heavy atom. The van der Waals surface area contributed by atoms with Crippen LogP contribution in [-0.4, -0.2) is 57.8 Å². The van der Waals surface area contributed by atoms with Gasteiger partial charge in [0.2, 0.25) is 0 Å². The van der Waals surface area contributed by atoms with Gasteiger partial charge in [-0.3, -0.25) is 14.8 Å². The van der Waals surface area contributed by atoms with Crippen LogP contribution in [-0.2, 0) is 12.8 Å². The summed E-state index contributed by atoms with van der Waals surface area (Å²) in [6.07, 6.45) is 9.39. The fraction of sp³-hybridized carbons (Fsp3) is 0.387. The van der Waals surface area contributed by atoms with Gasteiger partial charge in [-0.1, -0.05) is 24.3 Å². The largest absolute Gasteiger partial charge is 0.491 e. The summed E-state index contributed by atoms with van der Waals surface area (Å²) in [6.45, 7) is 4.61. The Hall–Kier alpha value is -3.71. The number of aromatic amines is 1. The lowest BCUT2D eigenvalue weighted by Gasteiger charge is -2.30. The minimum Gasteiger partial charge on any atom is -0.491 e. The standard InChI is InChI=1S/C31H33N5O2/c1-19-3-2-13-36(19)25-9-6-20-4-5-22(15-21(20)7-10-25)24-16-27-29(34-35-30(27)33-18-24)23-8-11-26-28(17-23)38-14-12-32-31(26)37/h4-5,8,11,15-19,25H,2-3,6-7,9-10,12-14H2,1H3,(H,32,37)(H,33,34,35)/t19-,25?/m0/s1. The van der Waals surface area contributed by atoms with Crippen LogP contribution in [0.25, 0.3) is 33.4 Å². The molecule has 1 amide bonds. The van der Waals surface area contributed by atoms with E-state index in [1.807, 2.05) is 24.4 Å². The zero-order chi connectivity index (χ0) is 25.6. The van der Waals surface area contributed by atoms with E-state index < -0.39 is 0 Å². The van der Waals surface area contributed by atoms with Crippen LogP contribution in [0, 0.1) is 0 Å². The number of likely N-dealkylation sites (tertiary alicyclic amines) is 1. The number of carbonyl (C=O) groups is 1. The highest BCUT2D eigenvalue weighted by molar-refractivity contribution is 5.99. The molecule has 7 rings (SSSR count). The fourth-order valence-corrected chi connectivity index (χ4v) is 6.58. The van der Waals surface area contributed by atoms with E-state index in [9.17, 15) is 4.79 Å². The van der Waals surface area contributed by atoms with Gasteiger partial charge in [-0.15, -0.1) is 0 Å². The number of amides is 1. The molecule has 0 bridgehead atoms. The number of aromatic nitrogens is 3. The van der Waals surface area contributed by atoms with Crippen molar-refractivity contribution in [3.63, 3.8) is 0 Å². The molecule has 1 unspecified atom stereocenters. The van der Waals surface area contributed by atoms with Gasteiger partial charge in [-0.25, -0.2) is 4.98 Å². The van der Waals surface area contributed by atoms with Crippen LogP contribution in [0.3, 0.4) is 0 Å². The molecule has 3 aliphatic rings. The topological polar surface area (TPSA) is 83.1 Å². The molecule has 4 aromatic rings. The van der Waals surface area contributed by atoms with Gasteiger partial charge in [0, 0.05) is 34.8 Å². The van der Waals surface area contributed by atoms with E-state index in [1.165, 1.54) is 48.9 Å². The third-order valence-corrected chi connectivity index (χ3v) is 8.68. The van der Waals surface area contributed by atoms with Gasteiger partial charge in [0.05, 0.1) is 17.8 Å². The molecular formula is C31H33N5O2. The predicted octanol–water partition coefficient (Wildman–Crippen LogP) is 5.15. The van der Waals surface area contributed by atoms with E-state index in [-0.39, 0.29) is 5.91 Å². The van der Waals surface area contributed by atoms with Crippen LogP contribution in [0.2, 0.25) is 0 Å². The van der Waals surface area contributed by atoms with E-state index in [0.29, 0.717) is 36.2 Å². The van der Waals surface area contributed by atoms with Crippen molar-refractivity contribution in [3.8, 4) is 28.1 Å². The number of benzene rings is 2. The van der Waals surface area contributed by atoms with Crippen LogP contribution in [0.15, 0.2) is 48.7 Å². The first-order valence-corrected chi connectivity index (χ1v) is 13.9. The highest BCUT2D eigenvalue weighted by Gasteiger charge is 2.29. The second kappa shape index (κ2) is 9.55. The van der Waals surface area contributed by atoms with Gasteiger partial charge in [-0.05, 0) is 86.9 Å². The van der Waals surface area contributed by atoms with Crippen molar-refractivity contribution in [2.24, 2.45) is 0 Å². The number of carbonyl (C=O) groups excluding carboxylic acids is 1. The molecule has 0 radical (unpaired) electrons. The maximum atomic E-state index is 12.3. The molecule has 0 spiro atoms. The molecule has 1 fully saturated rings. The van der Waals surface area contributed by atoms with Crippen molar-refractivity contribution in [1.82, 2.24) is 25.4 Å². The molecule has 4 heterocycles. The molecule has 2 atom stereocenters. The van der Waals surface area contributed by atoms with E-state index >= 15 is 0 Å². The van der Waals surface area contributed by atoms with E-state index in [2.05, 4.69) is 56.6 Å². The van der Waals surface area contributed by atoms with Crippen LogP contribution < -0.4 is 10.1 Å². The summed E-state index contributed by atoms with van der Waals surface area (Å²) in [5.74, 6) is 0.490. The van der Waals surface area contributed by atoms with Crippen molar-refractivity contribution >= 4 is 16.9 Å². The van der Waals surface area contributed by atoms with Gasteiger partial charge in [-0.2, -0.15) is 5.10 Å². The molecule has 2 N–H and O–H groups in total. The Bertz CT molecular complexity index is 1530. The molecule has 7 nitrogen and oxygen atoms in total. The summed E-state index contributed by atoms with van der Waals surface area (Å²) in [5, 5.41) is 11.4. The Balaban J connectivity index is 1.19. The zero-order valence-electron chi connectivity index (χ0n) is 21.8. The van der Waals surface area contributed by atoms with Crippen molar-refractivity contribution in [3.05, 3.63) is 65.4 Å². The smallest absolute Gasteiger partial charge is 0.255 e. The first-order valence-electron chi connectivity index (χ1n) is 13.9. The summed E-state index contributed by atoms with van der Waals surface area (Å²) in [7, 11) is 0. The number of fused-ring (bicyclic) bond motifs is 3. The second-order valence-electron chi connectivity index (χ2n) is 11.0. The molecule has 2 aromatic heterocycles. The molecule has 7 heteroatoms. The monoisotopic (exact) mass is 507 g/mol. The maximum Gasteiger partial charge on any atom is 0.255 e. The van der Waals surface area contributed by atoms with Crippen molar-refractivity contribution < 1.29 is 9.53 Å². The Morgan fingerprint density at radius 3 is 2.71 bits per heavy atom. The van der Waals surface area contributed by atoms with E-state index in [1.54, 1.807) is 0 Å². The zero-order valence-corrected chi connectivity index (χ0v) is 21.8. The normalized spacial score (nSPS) is 21.8. The van der Waals surface area contributed by atoms with Crippen LogP contribution >= 0.6 is 0 Å². The summed E-state index contributed by atoms with van der Waals surface area (Å²) < 4.78 is 5.84. The molecule has 194 valence electrons. The van der Waals surface area contributed by atoms with Gasteiger partial charge in [0.1, 0.15) is 12.4 Å². The summed E-state index contributed by atoms with van der Waals surface area (Å²) in [5.41, 5.74) is 8.28. The van der Waals surface area contributed by atoms with E-state index in [0.717, 1.165) is 41.1 Å². The number of hydrogen-bond donors (Lipinski definition) is 2. The third-order valence-electron chi connectivity index (χ3n) is 8.68. The number of ether oxygens (including phenoxy) is 1. The van der Waals surface area contributed by atoms with Crippen molar-refractivity contribution in [2.45, 2.75) is 57.5 Å². The summed E-state index contributed by atoms with van der Waals surface area (Å²) >= 11 is 0. The molecule has 1 aliphatic carbocycles. The number of nitrogens with one attached hydrogen (secondary N) is 2. The second-order valence-corrected chi connectivity index (χ2v) is 11.0. The Morgan fingerprint density at radius 2 is 1.84 bits per heavy atom. The minimum absolute atomic E-state index is 0.105. The first-order chi connectivity index (χ1) is 18.6. The fourth-order valence-electron chi connectivity index (χ4n) is 6.58. The van der Waals surface area contributed by atoms with Crippen LogP contribution in [0.5, 0.6) is 5.75 Å². The SMILES string of the molecule is C[C@H]1CCCN1C1CCc2ccc(-c3cnc4n[nH]c(-c5ccc6c(c5)OCCNC6=O)c4c3)cc2CC1. The average Bonchev–Trinajstić information content (AvgIpc) is 3.44. The highest BCUT2D eigenvalue weighted by Crippen LogP contribution is 2.35. The predicted molar refractivity (Wildman–Crippen MR) is 148 cm³/mol. The van der Waals surface area contributed by atoms with Crippen molar-refractivity contribution in [1.29, 1.82) is 0 Å².